The first-order valence-corrected chi connectivity index (χ1v) is 49.1. The van der Waals surface area contributed by atoms with Gasteiger partial charge in [0, 0.05) is 81.3 Å². The Labute approximate surface area is 790 Å². The zero-order chi connectivity index (χ0) is 94.6. The Morgan fingerprint density at radius 3 is 1.01 bits per heavy atom. The lowest BCUT2D eigenvalue weighted by Crippen LogP contribution is -2.55. The van der Waals surface area contributed by atoms with Crippen LogP contribution in [-0.4, -0.2) is 192 Å². The lowest BCUT2D eigenvalue weighted by molar-refractivity contribution is -0.137. The van der Waals surface area contributed by atoms with Crippen molar-refractivity contribution >= 4 is 78.3 Å². The molecule has 0 spiro atoms. The Kier molecular flexibility index (Phi) is 37.9. The van der Waals surface area contributed by atoms with Crippen LogP contribution in [0.25, 0.3) is 12.4 Å². The summed E-state index contributed by atoms with van der Waals surface area (Å²) in [6, 6.07) is 1.03. The predicted molar refractivity (Wildman–Crippen MR) is 506 cm³/mol. The minimum Gasteiger partial charge on any atom is -0.481 e. The summed E-state index contributed by atoms with van der Waals surface area (Å²) in [6.45, 7) is 28.2. The molecule has 33 nitrogen and oxygen atoms in total. The van der Waals surface area contributed by atoms with Crippen LogP contribution < -0.4 is 62.3 Å². The Bertz CT molecular complexity index is 4550. The van der Waals surface area contributed by atoms with Crippen molar-refractivity contribution in [1.29, 1.82) is 0 Å². The average Bonchev–Trinajstić information content (AvgIpc) is 1.60. The standard InChI is InChI=1S/C24H37N5O3.C24H35N3O4.2C22H31N3O4.C7H16N2O2.ClH/c1-15(2)14-32-24-20(13-27-29(24)7-3-4-21(30)26-6-5-25)23(31)28-22-18-9-16-8-17(11-18)12-19(22)10-16;1-4-30-21(28)6-5-7-27-24(31-14-15(2)3)20(13-25-27)23(29)26-22-18-9-16-8-17(11-18)12-19(22)10-16;2*1-13(2)12-29-22-18(11-23-25(22)5-3-4-19(26)27)21(28)24-20-16-7-14-6-15(9-16)10-17(20)8-14;1-7(2,3)11-6(10)9-5-4-8;/h3,7,13,15-19,22H,4-6,8-12,14,25H2,1-2H3,(H,26,30)(H,28,31);5-6,13,15-19,22H,4,7-12,14H2,1-3H3,(H,26,29);3,5,11,13-17,20H,4,6-10,12H2,1-2H3,(H,24,28)(H,26,27);3-4,11,13-17,20H,5-10,12H2,1-2H3,(H,24,28)(H,26,27);4-5,8H2,1-3H3,(H,9,10);1H/b7-3+;;5-3+;4-3+;;. The quantitative estimate of drug-likeness (QED) is 0.0148. The molecule has 12 N–H and O–H groups in total. The Hall–Kier alpha value is -9.76. The van der Waals surface area contributed by atoms with Crippen LogP contribution in [0.2, 0.25) is 0 Å². The summed E-state index contributed by atoms with van der Waals surface area (Å²) in [6.07, 6.45) is 43.5. The molecular formula is C99H151ClN16O17. The third-order valence-corrected chi connectivity index (χ3v) is 28.1. The monoisotopic (exact) mass is 1870 g/mol. The largest absolute Gasteiger partial charge is 0.481 e. The van der Waals surface area contributed by atoms with Gasteiger partial charge in [0.15, 0.2) is 0 Å². The summed E-state index contributed by atoms with van der Waals surface area (Å²) in [7, 11) is 0. The fourth-order valence-electron chi connectivity index (χ4n) is 23.7. The molecule has 16 fully saturated rings. The molecule has 133 heavy (non-hydrogen) atoms. The van der Waals surface area contributed by atoms with E-state index in [4.69, 9.17) is 50.1 Å². The van der Waals surface area contributed by atoms with E-state index in [-0.39, 0.29) is 91.5 Å². The van der Waals surface area contributed by atoms with Crippen LogP contribution in [0.3, 0.4) is 0 Å². The molecule has 0 unspecified atom stereocenters. The van der Waals surface area contributed by atoms with E-state index in [2.05, 4.69) is 80.0 Å². The van der Waals surface area contributed by atoms with E-state index in [0.29, 0.717) is 183 Å². The van der Waals surface area contributed by atoms with Gasteiger partial charge in [0.2, 0.25) is 29.4 Å². The number of rotatable bonds is 37. The zero-order valence-corrected chi connectivity index (χ0v) is 81.1. The lowest BCUT2D eigenvalue weighted by Gasteiger charge is -2.54. The van der Waals surface area contributed by atoms with Crippen LogP contribution in [-0.2, 0) is 41.7 Å². The highest BCUT2D eigenvalue weighted by atomic mass is 35.5. The Morgan fingerprint density at radius 2 is 0.714 bits per heavy atom. The number of halogens is 1. The molecule has 0 aliphatic heterocycles. The van der Waals surface area contributed by atoms with Gasteiger partial charge in [0.25, 0.3) is 23.6 Å². The maximum Gasteiger partial charge on any atom is 0.407 e. The number of allylic oxidation sites excluding steroid dienone is 2. The van der Waals surface area contributed by atoms with Gasteiger partial charge in [0.05, 0.1) is 77.3 Å². The summed E-state index contributed by atoms with van der Waals surface area (Å²) in [4.78, 5) is 108. The maximum absolute atomic E-state index is 13.3. The summed E-state index contributed by atoms with van der Waals surface area (Å²) >= 11 is 0. The smallest absolute Gasteiger partial charge is 0.407 e. The highest BCUT2D eigenvalue weighted by molar-refractivity contribution is 5.98. The Balaban J connectivity index is 0.000000164. The number of aromatic nitrogens is 8. The molecule has 4 aromatic heterocycles. The van der Waals surface area contributed by atoms with E-state index in [1.54, 1.807) is 57.9 Å². The van der Waals surface area contributed by atoms with Crippen LogP contribution in [0.15, 0.2) is 61.2 Å². The number of amides is 6. The van der Waals surface area contributed by atoms with Crippen LogP contribution in [0, 0.1) is 118 Å². The number of esters is 1. The van der Waals surface area contributed by atoms with Crippen molar-refractivity contribution in [2.24, 2.45) is 130 Å². The number of hydrogen-bond donors (Lipinski definition) is 10. The van der Waals surface area contributed by atoms with Crippen molar-refractivity contribution < 1.29 is 81.8 Å². The van der Waals surface area contributed by atoms with Gasteiger partial charge in [-0.2, -0.15) is 20.4 Å². The van der Waals surface area contributed by atoms with E-state index in [0.717, 1.165) is 53.4 Å². The molecule has 6 amide bonds. The number of nitrogens with zero attached hydrogens (tertiary/aromatic N) is 8. The van der Waals surface area contributed by atoms with Crippen LogP contribution >= 0.6 is 12.4 Å². The number of carbonyl (C=O) groups is 9. The number of nitrogens with one attached hydrogen (secondary N) is 6. The third kappa shape index (κ3) is 29.1. The SMILES string of the molecule is CC(C)(C)OC(=O)NCCN.CC(C)COc1c(C(=O)NC2C3CC4CC(C3)CC2C4)cnn1/C=C/CC(=O)NCCN.CC(C)COc1c(C(=O)NC2C3CC4CC(C3)CC2C4)cnn1/C=C/CC(=O)O.CC(C)COc1c(C(=O)NC2C3CC4CC(C3)CC2C4)cnn1C/C=C/C(=O)O.CCOC(=O)C=CCn1ncc(C(=O)NC2C3CC4CC(C3)CC2C4)c1OCC(C)C.Cl. The predicted octanol–water partition coefficient (Wildman–Crippen LogP) is 13.4. The molecule has 16 aliphatic carbocycles. The number of ether oxygens (including phenoxy) is 6. The fourth-order valence-corrected chi connectivity index (χ4v) is 23.7. The second-order valence-corrected chi connectivity index (χ2v) is 42.1. The van der Waals surface area contributed by atoms with Crippen LogP contribution in [0.1, 0.15) is 266 Å². The third-order valence-electron chi connectivity index (χ3n) is 28.1. The van der Waals surface area contributed by atoms with Gasteiger partial charge in [-0.05, 0) is 274 Å². The number of hydrogen-bond acceptors (Lipinski definition) is 21. The summed E-state index contributed by atoms with van der Waals surface area (Å²) in [5.74, 6) is 11.7. The van der Waals surface area contributed by atoms with Crippen molar-refractivity contribution in [1.82, 2.24) is 71.0 Å². The average molecular weight is 1870 g/mol. The zero-order valence-electron chi connectivity index (χ0n) is 80.3. The summed E-state index contributed by atoms with van der Waals surface area (Å²) in [5.41, 5.74) is 11.9. The lowest BCUT2D eigenvalue weighted by atomic mass is 9.54. The first kappa shape index (κ1) is 104. The molecule has 16 aliphatic rings. The molecule has 16 bridgehead atoms. The van der Waals surface area contributed by atoms with Crippen molar-refractivity contribution in [2.75, 3.05) is 59.2 Å². The first-order valence-electron chi connectivity index (χ1n) is 49.1. The molecule has 0 aromatic carbocycles. The molecule has 34 heteroatoms. The van der Waals surface area contributed by atoms with Crippen molar-refractivity contribution in [3.63, 3.8) is 0 Å². The Morgan fingerprint density at radius 1 is 0.421 bits per heavy atom. The van der Waals surface area contributed by atoms with Crippen molar-refractivity contribution in [3.8, 4) is 23.5 Å². The number of carboxylic acids is 2. The fraction of sp³-hybridized carbons (Fsp3) is 0.707. The van der Waals surface area contributed by atoms with Gasteiger partial charge in [-0.1, -0.05) is 79.7 Å². The minimum atomic E-state index is -1.01. The van der Waals surface area contributed by atoms with E-state index in [1.165, 1.54) is 164 Å². The van der Waals surface area contributed by atoms with Crippen LogP contribution in [0.5, 0.6) is 23.5 Å². The minimum absolute atomic E-state index is 0. The molecule has 736 valence electrons. The summed E-state index contributed by atoms with van der Waals surface area (Å²) < 4.78 is 39.8. The van der Waals surface area contributed by atoms with Gasteiger partial charge in [-0.15, -0.1) is 12.4 Å². The molecule has 20 rings (SSSR count). The van der Waals surface area contributed by atoms with E-state index >= 15 is 0 Å². The highest BCUT2D eigenvalue weighted by Crippen LogP contribution is 2.58. The van der Waals surface area contributed by atoms with Crippen molar-refractivity contribution in [2.45, 2.75) is 267 Å². The van der Waals surface area contributed by atoms with Crippen LogP contribution in [0.4, 0.5) is 4.79 Å². The molecule has 4 aromatic rings. The maximum atomic E-state index is 13.3. The normalized spacial score (nSPS) is 27.7. The van der Waals surface area contributed by atoms with E-state index < -0.39 is 23.6 Å². The number of carboxylic acid groups (broad SMARTS) is 2. The number of aliphatic carboxylic acids is 2. The first-order chi connectivity index (χ1) is 63.1. The molecule has 0 saturated heterocycles. The molecule has 4 heterocycles. The van der Waals surface area contributed by atoms with Gasteiger partial charge in [-0.3, -0.25) is 28.8 Å². The van der Waals surface area contributed by atoms with Gasteiger partial charge in [-0.25, -0.2) is 33.1 Å². The molecular weight excluding hydrogens is 1720 g/mol. The second kappa shape index (κ2) is 48.6. The van der Waals surface area contributed by atoms with E-state index in [1.807, 2.05) is 48.5 Å². The number of carbonyl (C=O) groups excluding carboxylic acids is 7. The summed E-state index contributed by atoms with van der Waals surface area (Å²) in [5, 5.41) is 53.4. The molecule has 16 saturated carbocycles. The van der Waals surface area contributed by atoms with Gasteiger partial charge >= 0.3 is 24.0 Å². The highest BCUT2D eigenvalue weighted by Gasteiger charge is 2.53. The van der Waals surface area contributed by atoms with Crippen molar-refractivity contribution in [3.05, 3.63) is 83.5 Å². The van der Waals surface area contributed by atoms with E-state index in [9.17, 15) is 43.2 Å². The molecule has 0 radical (unpaired) electrons. The second-order valence-electron chi connectivity index (χ2n) is 42.1. The topological polar surface area (TPSA) is 445 Å². The molecule has 0 atom stereocenters. The van der Waals surface area contributed by atoms with Gasteiger partial charge < -0.3 is 82.0 Å². The van der Waals surface area contributed by atoms with Gasteiger partial charge in [0.1, 0.15) is 27.9 Å². The number of nitrogens with two attached hydrogens (primary N) is 2. The number of alkyl carbamates (subject to hydrolysis) is 1.